The van der Waals surface area contributed by atoms with Gasteiger partial charge in [0.1, 0.15) is 11.8 Å². The van der Waals surface area contributed by atoms with Crippen LogP contribution in [0.4, 0.5) is 5.69 Å². The van der Waals surface area contributed by atoms with Gasteiger partial charge in [-0.05, 0) is 31.0 Å². The van der Waals surface area contributed by atoms with E-state index in [-0.39, 0.29) is 23.1 Å². The summed E-state index contributed by atoms with van der Waals surface area (Å²) >= 11 is 0. The molecule has 10 nitrogen and oxygen atoms in total. The Hall–Kier alpha value is -3.37. The van der Waals surface area contributed by atoms with Gasteiger partial charge in [0, 0.05) is 45.7 Å². The maximum atomic E-state index is 13.0. The molecule has 174 valence electrons. The number of hydrogen-bond donors (Lipinski definition) is 2. The molecule has 0 aliphatic carbocycles. The molecule has 1 aromatic carbocycles. The summed E-state index contributed by atoms with van der Waals surface area (Å²) in [6.07, 6.45) is 2.83. The highest BCUT2D eigenvalue weighted by Crippen LogP contribution is 2.35. The van der Waals surface area contributed by atoms with E-state index < -0.39 is 6.10 Å². The summed E-state index contributed by atoms with van der Waals surface area (Å²) in [7, 11) is 3.63. The van der Waals surface area contributed by atoms with E-state index in [0.29, 0.717) is 55.6 Å². The lowest BCUT2D eigenvalue weighted by molar-refractivity contribution is -0.124. The molecule has 2 saturated heterocycles. The Kier molecular flexibility index (Phi) is 5.55. The molecule has 2 aliphatic heterocycles. The number of ether oxygens (including phenoxy) is 2. The number of nitrogens with zero attached hydrogens (tertiary/aromatic N) is 4. The number of aromatic nitrogens is 3. The van der Waals surface area contributed by atoms with Crippen LogP contribution < -0.4 is 5.32 Å². The van der Waals surface area contributed by atoms with E-state index in [0.717, 1.165) is 18.4 Å². The molecule has 0 bridgehead atoms. The van der Waals surface area contributed by atoms with Crippen LogP contribution in [0.1, 0.15) is 23.2 Å². The van der Waals surface area contributed by atoms with Crippen LogP contribution in [0, 0.1) is 0 Å². The number of aryl methyl sites for hydroxylation is 2. The zero-order chi connectivity index (χ0) is 23.1. The molecule has 2 amide bonds. The minimum atomic E-state index is -0.414. The normalized spacial score (nSPS) is 18.7. The number of hydrogen-bond acceptors (Lipinski definition) is 6. The number of rotatable bonds is 4. The van der Waals surface area contributed by atoms with Crippen molar-refractivity contribution in [3.63, 3.8) is 0 Å². The smallest absolute Gasteiger partial charge is 0.259 e. The number of amides is 2. The first kappa shape index (κ1) is 21.5. The molecule has 2 aliphatic rings. The Balaban J connectivity index is 1.46. The van der Waals surface area contributed by atoms with Crippen LogP contribution >= 0.6 is 0 Å². The molecule has 5 rings (SSSR count). The van der Waals surface area contributed by atoms with E-state index in [2.05, 4.69) is 5.32 Å². The number of nitrogens with one attached hydrogen (secondary N) is 1. The fourth-order valence-corrected chi connectivity index (χ4v) is 4.47. The van der Waals surface area contributed by atoms with E-state index in [1.54, 1.807) is 28.8 Å². The topological polar surface area (TPSA) is 111 Å². The molecule has 0 saturated carbocycles. The lowest BCUT2D eigenvalue weighted by Crippen LogP contribution is -2.40. The quantitative estimate of drug-likeness (QED) is 0.624. The third-order valence-corrected chi connectivity index (χ3v) is 6.27. The Morgan fingerprint density at radius 3 is 2.70 bits per heavy atom. The first-order chi connectivity index (χ1) is 15.9. The molecule has 3 aromatic rings. The standard InChI is InChI=1S/C23H27N5O5/c1-26-13-15(23(31)28-7-10-32-11-8-28)20(29)19(26)21-25-16-12-14(5-6-17(16)27(21)2)24-22(30)18-4-3-9-33-18/h5-6,12-13,18,29H,3-4,7-11H2,1-2H3,(H,24,30). The van der Waals surface area contributed by atoms with Crippen LogP contribution in [0.15, 0.2) is 24.4 Å². The highest BCUT2D eigenvalue weighted by molar-refractivity contribution is 6.00. The zero-order valence-corrected chi connectivity index (χ0v) is 18.7. The summed E-state index contributed by atoms with van der Waals surface area (Å²) in [5.41, 5.74) is 2.83. The van der Waals surface area contributed by atoms with Gasteiger partial charge >= 0.3 is 0 Å². The average Bonchev–Trinajstić information content (AvgIpc) is 3.53. The first-order valence-corrected chi connectivity index (χ1v) is 11.1. The van der Waals surface area contributed by atoms with Gasteiger partial charge in [-0.15, -0.1) is 0 Å². The Morgan fingerprint density at radius 2 is 1.97 bits per heavy atom. The molecule has 0 spiro atoms. The van der Waals surface area contributed by atoms with Crippen molar-refractivity contribution >= 4 is 28.5 Å². The Bertz CT molecular complexity index is 1220. The van der Waals surface area contributed by atoms with Crippen molar-refractivity contribution in [2.45, 2.75) is 18.9 Å². The Morgan fingerprint density at radius 1 is 1.18 bits per heavy atom. The summed E-state index contributed by atoms with van der Waals surface area (Å²) in [5, 5.41) is 13.9. The van der Waals surface area contributed by atoms with Gasteiger partial charge in [-0.25, -0.2) is 4.98 Å². The van der Waals surface area contributed by atoms with Gasteiger partial charge in [-0.2, -0.15) is 0 Å². The molecule has 2 aromatic heterocycles. The summed E-state index contributed by atoms with van der Waals surface area (Å²) in [6.45, 7) is 2.58. The van der Waals surface area contributed by atoms with Crippen LogP contribution in [-0.4, -0.2) is 75.0 Å². The fraction of sp³-hybridized carbons (Fsp3) is 0.435. The number of imidazole rings is 1. The van der Waals surface area contributed by atoms with Crippen molar-refractivity contribution in [3.8, 4) is 17.3 Å². The number of benzene rings is 1. The largest absolute Gasteiger partial charge is 0.505 e. The minimum absolute atomic E-state index is 0.0979. The predicted octanol–water partition coefficient (Wildman–Crippen LogP) is 1.87. The van der Waals surface area contributed by atoms with E-state index in [9.17, 15) is 14.7 Å². The van der Waals surface area contributed by atoms with E-state index >= 15 is 0 Å². The number of fused-ring (bicyclic) bond motifs is 1. The Labute approximate surface area is 190 Å². The van der Waals surface area contributed by atoms with Crippen molar-refractivity contribution in [3.05, 3.63) is 30.0 Å². The monoisotopic (exact) mass is 453 g/mol. The minimum Gasteiger partial charge on any atom is -0.505 e. The highest BCUT2D eigenvalue weighted by atomic mass is 16.5. The summed E-state index contributed by atoms with van der Waals surface area (Å²) in [4.78, 5) is 31.7. The second kappa shape index (κ2) is 8.53. The summed E-state index contributed by atoms with van der Waals surface area (Å²) in [5.74, 6) is 0.0397. The van der Waals surface area contributed by atoms with Crippen LogP contribution in [0.3, 0.4) is 0 Å². The van der Waals surface area contributed by atoms with Crippen molar-refractivity contribution in [1.82, 2.24) is 19.0 Å². The third-order valence-electron chi connectivity index (χ3n) is 6.27. The molecule has 0 radical (unpaired) electrons. The number of aromatic hydroxyl groups is 1. The maximum absolute atomic E-state index is 13.0. The van der Waals surface area contributed by atoms with Gasteiger partial charge in [-0.3, -0.25) is 9.59 Å². The van der Waals surface area contributed by atoms with Gasteiger partial charge in [0.05, 0.1) is 29.8 Å². The molecule has 2 N–H and O–H groups in total. The number of anilines is 1. The number of carbonyl (C=O) groups is 2. The lowest BCUT2D eigenvalue weighted by Gasteiger charge is -2.26. The van der Waals surface area contributed by atoms with Crippen molar-refractivity contribution in [2.75, 3.05) is 38.2 Å². The van der Waals surface area contributed by atoms with E-state index in [1.165, 1.54) is 0 Å². The fourth-order valence-electron chi connectivity index (χ4n) is 4.47. The summed E-state index contributed by atoms with van der Waals surface area (Å²) in [6, 6.07) is 5.49. The van der Waals surface area contributed by atoms with Gasteiger partial charge in [0.2, 0.25) is 0 Å². The second-order valence-corrected chi connectivity index (χ2v) is 8.44. The summed E-state index contributed by atoms with van der Waals surface area (Å²) < 4.78 is 14.3. The molecular formula is C23H27N5O5. The predicted molar refractivity (Wildman–Crippen MR) is 121 cm³/mol. The van der Waals surface area contributed by atoms with Crippen LogP contribution in [0.2, 0.25) is 0 Å². The second-order valence-electron chi connectivity index (χ2n) is 8.44. The SMILES string of the molecule is Cn1cc(C(=O)N2CCOCC2)c(O)c1-c1nc2cc(NC(=O)C3CCCO3)ccc2n1C. The lowest BCUT2D eigenvalue weighted by atomic mass is 10.2. The highest BCUT2D eigenvalue weighted by Gasteiger charge is 2.28. The molecule has 10 heteroatoms. The van der Waals surface area contributed by atoms with Crippen molar-refractivity contribution < 1.29 is 24.2 Å². The molecule has 1 atom stereocenters. The van der Waals surface area contributed by atoms with E-state index in [4.69, 9.17) is 14.5 Å². The van der Waals surface area contributed by atoms with Gasteiger partial charge in [0.15, 0.2) is 11.6 Å². The van der Waals surface area contributed by atoms with Crippen molar-refractivity contribution in [2.24, 2.45) is 14.1 Å². The van der Waals surface area contributed by atoms with Gasteiger partial charge in [-0.1, -0.05) is 0 Å². The van der Waals surface area contributed by atoms with E-state index in [1.807, 2.05) is 23.7 Å². The molecule has 2 fully saturated rings. The average molecular weight is 453 g/mol. The molecule has 33 heavy (non-hydrogen) atoms. The van der Waals surface area contributed by atoms with Gasteiger partial charge in [0.25, 0.3) is 11.8 Å². The molecular weight excluding hydrogens is 426 g/mol. The molecule has 1 unspecified atom stereocenters. The van der Waals surface area contributed by atoms with Crippen LogP contribution in [0.25, 0.3) is 22.6 Å². The van der Waals surface area contributed by atoms with Crippen LogP contribution in [0.5, 0.6) is 5.75 Å². The van der Waals surface area contributed by atoms with Crippen molar-refractivity contribution in [1.29, 1.82) is 0 Å². The maximum Gasteiger partial charge on any atom is 0.259 e. The zero-order valence-electron chi connectivity index (χ0n) is 18.7. The number of morpholine rings is 1. The van der Waals surface area contributed by atoms with Gasteiger partial charge < -0.3 is 33.9 Å². The first-order valence-electron chi connectivity index (χ1n) is 11.1. The number of carbonyl (C=O) groups excluding carboxylic acids is 2. The third kappa shape index (κ3) is 3.85. The molecule has 4 heterocycles. The van der Waals surface area contributed by atoms with Crippen LogP contribution in [-0.2, 0) is 28.4 Å².